The Morgan fingerprint density at radius 3 is 1.34 bits per heavy atom. The van der Waals surface area contributed by atoms with Gasteiger partial charge in [0.2, 0.25) is 0 Å². The molecule has 0 N–H and O–H groups in total. The van der Waals surface area contributed by atoms with Crippen LogP contribution in [0, 0.1) is 13.8 Å². The van der Waals surface area contributed by atoms with Crippen LogP contribution in [0.3, 0.4) is 0 Å². The summed E-state index contributed by atoms with van der Waals surface area (Å²) >= 11 is 0. The Morgan fingerprint density at radius 2 is 0.868 bits per heavy atom. The van der Waals surface area contributed by atoms with Crippen LogP contribution < -0.4 is 28.4 Å². The minimum atomic E-state index is -0.847. The number of carbonyl (C=O) groups excluding carboxylic acids is 6. The summed E-state index contributed by atoms with van der Waals surface area (Å²) in [6, 6.07) is 2.54. The van der Waals surface area contributed by atoms with Crippen LogP contribution in [-0.4, -0.2) is 35.8 Å². The second kappa shape index (κ2) is 12.0. The lowest BCUT2D eigenvalue weighted by molar-refractivity contribution is -0.134. The molecular weight excluding hydrogens is 504 g/mol. The van der Waals surface area contributed by atoms with Crippen molar-refractivity contribution in [3.8, 4) is 45.6 Å². The standard InChI is InChI=1S/C26H26O12/c1-11-9-21(34-14(4)28)22(26(38-18(8)32)23(11)35-15(5)29)19-10-20(33-13(3)27)12(2)24(36-16(6)30)25(19)37-17(7)31/h9-10H,1-8H3. The third kappa shape index (κ3) is 7.15. The van der Waals surface area contributed by atoms with Crippen molar-refractivity contribution >= 4 is 35.8 Å². The van der Waals surface area contributed by atoms with Gasteiger partial charge in [0.15, 0.2) is 23.0 Å². The van der Waals surface area contributed by atoms with Crippen LogP contribution in [0.2, 0.25) is 0 Å². The molecule has 0 aliphatic rings. The van der Waals surface area contributed by atoms with Gasteiger partial charge in [-0.1, -0.05) is 0 Å². The molecule has 38 heavy (non-hydrogen) atoms. The minimum absolute atomic E-state index is 0.103. The highest BCUT2D eigenvalue weighted by atomic mass is 16.6. The zero-order valence-electron chi connectivity index (χ0n) is 22.1. The SMILES string of the molecule is CC(=O)Oc1cc(-c2c(OC(C)=O)cc(C)c(OC(C)=O)c2OC(C)=O)c(OC(C)=O)c(OC(C)=O)c1C. The van der Waals surface area contributed by atoms with Gasteiger partial charge in [0.25, 0.3) is 0 Å². The Bertz CT molecular complexity index is 1350. The summed E-state index contributed by atoms with van der Waals surface area (Å²) in [6.45, 7) is 9.54. The van der Waals surface area contributed by atoms with Crippen molar-refractivity contribution in [2.45, 2.75) is 55.4 Å². The van der Waals surface area contributed by atoms with Gasteiger partial charge in [-0.05, 0) is 31.5 Å². The van der Waals surface area contributed by atoms with Crippen LogP contribution in [-0.2, 0) is 28.8 Å². The van der Waals surface area contributed by atoms with Crippen LogP contribution in [0.15, 0.2) is 12.1 Å². The average molecular weight is 530 g/mol. The monoisotopic (exact) mass is 530 g/mol. The van der Waals surface area contributed by atoms with Crippen LogP contribution in [0.4, 0.5) is 0 Å². The normalized spacial score (nSPS) is 10.2. The molecular formula is C26H26O12. The van der Waals surface area contributed by atoms with Crippen molar-refractivity contribution in [3.05, 3.63) is 23.3 Å². The Hall–Kier alpha value is -4.74. The van der Waals surface area contributed by atoms with Crippen LogP contribution in [0.25, 0.3) is 11.1 Å². The molecule has 0 bridgehead atoms. The van der Waals surface area contributed by atoms with Crippen molar-refractivity contribution < 1.29 is 57.2 Å². The first-order chi connectivity index (χ1) is 17.6. The van der Waals surface area contributed by atoms with Crippen LogP contribution in [0.5, 0.6) is 34.5 Å². The van der Waals surface area contributed by atoms with Gasteiger partial charge < -0.3 is 28.4 Å². The van der Waals surface area contributed by atoms with Gasteiger partial charge in [0, 0.05) is 52.7 Å². The maximum absolute atomic E-state index is 12.1. The Labute approximate surface area is 217 Å². The van der Waals surface area contributed by atoms with E-state index in [1.807, 2.05) is 0 Å². The number of aryl methyl sites for hydroxylation is 1. The van der Waals surface area contributed by atoms with Crippen LogP contribution >= 0.6 is 0 Å². The lowest BCUT2D eigenvalue weighted by Crippen LogP contribution is -2.14. The predicted molar refractivity (Wildman–Crippen MR) is 129 cm³/mol. The van der Waals surface area contributed by atoms with Crippen molar-refractivity contribution in [3.63, 3.8) is 0 Å². The Balaban J connectivity index is 3.25. The largest absolute Gasteiger partial charge is 0.426 e. The second-order valence-electron chi connectivity index (χ2n) is 7.99. The number of carbonyl (C=O) groups is 6. The van der Waals surface area contributed by atoms with Gasteiger partial charge in [-0.2, -0.15) is 0 Å². The first-order valence-corrected chi connectivity index (χ1v) is 11.1. The number of esters is 6. The zero-order chi connectivity index (χ0) is 28.9. The summed E-state index contributed by atoms with van der Waals surface area (Å²) in [5, 5.41) is 0. The predicted octanol–water partition coefficient (Wildman–Crippen LogP) is 3.52. The third-order valence-corrected chi connectivity index (χ3v) is 4.58. The van der Waals surface area contributed by atoms with E-state index in [1.54, 1.807) is 0 Å². The van der Waals surface area contributed by atoms with E-state index < -0.39 is 35.8 Å². The summed E-state index contributed by atoms with van der Waals surface area (Å²) < 4.78 is 32.1. The molecule has 0 aromatic heterocycles. The molecule has 12 heteroatoms. The second-order valence-corrected chi connectivity index (χ2v) is 7.99. The Morgan fingerprint density at radius 1 is 0.474 bits per heavy atom. The molecule has 0 radical (unpaired) electrons. The number of ether oxygens (including phenoxy) is 6. The van der Waals surface area contributed by atoms with E-state index in [0.29, 0.717) is 0 Å². The molecule has 2 rings (SSSR count). The lowest BCUT2D eigenvalue weighted by atomic mass is 9.96. The Kier molecular flexibility index (Phi) is 9.31. The zero-order valence-corrected chi connectivity index (χ0v) is 22.1. The van der Waals surface area contributed by atoms with E-state index in [0.717, 1.165) is 41.5 Å². The molecule has 202 valence electrons. The van der Waals surface area contributed by atoms with Crippen molar-refractivity contribution in [1.82, 2.24) is 0 Å². The molecule has 2 aromatic carbocycles. The molecule has 0 fully saturated rings. The van der Waals surface area contributed by atoms with Gasteiger partial charge in [-0.15, -0.1) is 0 Å². The number of hydrogen-bond acceptors (Lipinski definition) is 12. The van der Waals surface area contributed by atoms with Gasteiger partial charge in [-0.3, -0.25) is 28.8 Å². The van der Waals surface area contributed by atoms with Crippen molar-refractivity contribution in [2.75, 3.05) is 0 Å². The molecule has 0 aliphatic heterocycles. The van der Waals surface area contributed by atoms with E-state index in [9.17, 15) is 28.8 Å². The smallest absolute Gasteiger partial charge is 0.308 e. The van der Waals surface area contributed by atoms with Gasteiger partial charge in [-0.25, -0.2) is 0 Å². The molecule has 0 unspecified atom stereocenters. The van der Waals surface area contributed by atoms with Gasteiger partial charge >= 0.3 is 35.8 Å². The maximum Gasteiger partial charge on any atom is 0.308 e. The molecule has 12 nitrogen and oxygen atoms in total. The molecule has 0 saturated carbocycles. The fourth-order valence-electron chi connectivity index (χ4n) is 3.41. The van der Waals surface area contributed by atoms with E-state index in [-0.39, 0.29) is 56.8 Å². The molecule has 2 aromatic rings. The summed E-state index contributed by atoms with van der Waals surface area (Å²) in [4.78, 5) is 71.9. The summed E-state index contributed by atoms with van der Waals surface area (Å²) in [5.74, 6) is -6.37. The maximum atomic E-state index is 12.1. The highest BCUT2D eigenvalue weighted by Crippen LogP contribution is 2.54. The number of benzene rings is 2. The van der Waals surface area contributed by atoms with E-state index in [2.05, 4.69) is 0 Å². The topological polar surface area (TPSA) is 158 Å². The molecule has 0 saturated heterocycles. The number of hydrogen-bond donors (Lipinski definition) is 0. The summed E-state index contributed by atoms with van der Waals surface area (Å²) in [6.07, 6.45) is 0. The average Bonchev–Trinajstić information content (AvgIpc) is 2.74. The minimum Gasteiger partial charge on any atom is -0.426 e. The third-order valence-electron chi connectivity index (χ3n) is 4.58. The number of rotatable bonds is 7. The lowest BCUT2D eigenvalue weighted by Gasteiger charge is -2.23. The molecule has 0 spiro atoms. The van der Waals surface area contributed by atoms with Crippen molar-refractivity contribution in [1.29, 1.82) is 0 Å². The van der Waals surface area contributed by atoms with E-state index >= 15 is 0 Å². The molecule has 0 atom stereocenters. The van der Waals surface area contributed by atoms with E-state index in [4.69, 9.17) is 28.4 Å². The highest BCUT2D eigenvalue weighted by Gasteiger charge is 2.31. The van der Waals surface area contributed by atoms with Crippen LogP contribution in [0.1, 0.15) is 52.7 Å². The molecule has 0 amide bonds. The van der Waals surface area contributed by atoms with Gasteiger partial charge in [0.1, 0.15) is 11.5 Å². The van der Waals surface area contributed by atoms with E-state index in [1.165, 1.54) is 26.0 Å². The van der Waals surface area contributed by atoms with Crippen molar-refractivity contribution in [2.24, 2.45) is 0 Å². The fourth-order valence-corrected chi connectivity index (χ4v) is 3.41. The highest BCUT2D eigenvalue weighted by molar-refractivity contribution is 5.93. The first kappa shape index (κ1) is 29.5. The van der Waals surface area contributed by atoms with Gasteiger partial charge in [0.05, 0.1) is 5.56 Å². The summed E-state index contributed by atoms with van der Waals surface area (Å²) in [5.41, 5.74) is -0.0432. The first-order valence-electron chi connectivity index (χ1n) is 11.1. The molecule has 0 aliphatic carbocycles. The fraction of sp³-hybridized carbons (Fsp3) is 0.308. The quantitative estimate of drug-likeness (QED) is 0.379. The summed E-state index contributed by atoms with van der Waals surface area (Å²) in [7, 11) is 0. The molecule has 0 heterocycles.